The third-order valence-corrected chi connectivity index (χ3v) is 4.26. The number of carbonyl (C=O) groups excluding carboxylic acids is 1. The number of rotatable bonds is 5. The van der Waals surface area contributed by atoms with Gasteiger partial charge in [-0.05, 0) is 80.2 Å². The second-order valence-electron chi connectivity index (χ2n) is 5.85. The molecule has 2 N–H and O–H groups in total. The highest BCUT2D eigenvalue weighted by molar-refractivity contribution is 8.03. The van der Waals surface area contributed by atoms with E-state index in [1.54, 1.807) is 36.4 Å². The van der Waals surface area contributed by atoms with Crippen LogP contribution in [-0.2, 0) is 0 Å². The van der Waals surface area contributed by atoms with Crippen LogP contribution >= 0.6 is 11.8 Å². The molecule has 27 heavy (non-hydrogen) atoms. The Labute approximate surface area is 161 Å². The third kappa shape index (κ3) is 5.06. The molecule has 1 aromatic heterocycles. The number of anilines is 3. The van der Waals surface area contributed by atoms with Crippen molar-refractivity contribution in [2.24, 2.45) is 0 Å². The molecular weight excluding hydrogens is 358 g/mol. The quantitative estimate of drug-likeness (QED) is 0.498. The first-order chi connectivity index (χ1) is 13.0. The molecule has 7 heteroatoms. The maximum atomic E-state index is 12.4. The first kappa shape index (κ1) is 18.4. The number of aromatic nitrogens is 2. The lowest BCUT2D eigenvalue weighted by Crippen LogP contribution is -2.11. The molecule has 0 aliphatic rings. The number of aryl methyl sites for hydroxylation is 2. The highest BCUT2D eigenvalue weighted by Crippen LogP contribution is 2.20. The lowest BCUT2D eigenvalue weighted by Gasteiger charge is -2.08. The highest BCUT2D eigenvalue weighted by Gasteiger charge is 2.07. The number of nitrogens with zero attached hydrogens (tertiary/aromatic N) is 3. The molecule has 0 unspecified atom stereocenters. The Hall–Kier alpha value is -3.37. The van der Waals surface area contributed by atoms with E-state index >= 15 is 0 Å². The predicted octanol–water partition coefficient (Wildman–Crippen LogP) is 4.66. The Morgan fingerprint density at radius 1 is 0.963 bits per heavy atom. The Balaban J connectivity index is 1.65. The summed E-state index contributed by atoms with van der Waals surface area (Å²) < 4.78 is 0. The smallest absolute Gasteiger partial charge is 0.255 e. The first-order valence-corrected chi connectivity index (χ1v) is 9.02. The summed E-state index contributed by atoms with van der Waals surface area (Å²) in [6.45, 7) is 3.83. The molecule has 1 heterocycles. The molecule has 0 radical (unpaired) electrons. The Kier molecular flexibility index (Phi) is 5.69. The van der Waals surface area contributed by atoms with Crippen LogP contribution in [0.25, 0.3) is 0 Å². The fourth-order valence-electron chi connectivity index (χ4n) is 2.48. The van der Waals surface area contributed by atoms with Gasteiger partial charge in [-0.25, -0.2) is 9.97 Å². The number of thioether (sulfide) groups is 1. The van der Waals surface area contributed by atoms with Crippen molar-refractivity contribution < 1.29 is 4.79 Å². The maximum Gasteiger partial charge on any atom is 0.255 e. The van der Waals surface area contributed by atoms with Crippen molar-refractivity contribution in [2.75, 3.05) is 10.6 Å². The Bertz CT molecular complexity index is 974. The molecule has 0 saturated carbocycles. The van der Waals surface area contributed by atoms with E-state index in [9.17, 15) is 4.79 Å². The molecular formula is C20H17N5OS. The van der Waals surface area contributed by atoms with Crippen LogP contribution in [0.4, 0.5) is 17.3 Å². The van der Waals surface area contributed by atoms with E-state index in [4.69, 9.17) is 5.26 Å². The van der Waals surface area contributed by atoms with Crippen LogP contribution in [0.15, 0.2) is 59.5 Å². The van der Waals surface area contributed by atoms with Crippen molar-refractivity contribution >= 4 is 35.0 Å². The summed E-state index contributed by atoms with van der Waals surface area (Å²) in [7, 11) is 0. The summed E-state index contributed by atoms with van der Waals surface area (Å²) in [5.41, 5.74) is 3.79. The molecule has 0 saturated heterocycles. The van der Waals surface area contributed by atoms with Crippen molar-refractivity contribution in [3.63, 3.8) is 0 Å². The predicted molar refractivity (Wildman–Crippen MR) is 107 cm³/mol. The zero-order chi connectivity index (χ0) is 19.2. The van der Waals surface area contributed by atoms with Crippen molar-refractivity contribution in [2.45, 2.75) is 18.7 Å². The van der Waals surface area contributed by atoms with Crippen molar-refractivity contribution in [3.8, 4) is 5.40 Å². The Morgan fingerprint density at radius 2 is 1.56 bits per heavy atom. The zero-order valence-corrected chi connectivity index (χ0v) is 15.7. The van der Waals surface area contributed by atoms with E-state index in [1.165, 1.54) is 0 Å². The van der Waals surface area contributed by atoms with Crippen LogP contribution in [0.3, 0.4) is 0 Å². The standard InChI is InChI=1S/C20H17N5OS/c1-13-11-14(2)23-20(22-13)25-17-5-3-15(4-6-17)19(26)24-16-7-9-18(10-8-16)27-12-21/h3-11H,1-2H3,(H,24,26)(H,22,23,25). The maximum absolute atomic E-state index is 12.4. The lowest BCUT2D eigenvalue weighted by molar-refractivity contribution is 0.102. The van der Waals surface area contributed by atoms with Gasteiger partial charge in [0.25, 0.3) is 5.91 Å². The molecule has 3 aromatic rings. The number of amides is 1. The average Bonchev–Trinajstić information content (AvgIpc) is 2.63. The minimum Gasteiger partial charge on any atom is -0.324 e. The van der Waals surface area contributed by atoms with Crippen LogP contribution in [0.1, 0.15) is 21.7 Å². The normalized spacial score (nSPS) is 10.1. The second kappa shape index (κ2) is 8.34. The molecule has 0 spiro atoms. The first-order valence-electron chi connectivity index (χ1n) is 8.20. The molecule has 0 atom stereocenters. The van der Waals surface area contributed by atoms with Gasteiger partial charge in [0.2, 0.25) is 5.95 Å². The van der Waals surface area contributed by atoms with Gasteiger partial charge in [0.1, 0.15) is 5.40 Å². The van der Waals surface area contributed by atoms with E-state index in [-0.39, 0.29) is 5.91 Å². The molecule has 0 bridgehead atoms. The summed E-state index contributed by atoms with van der Waals surface area (Å²) in [4.78, 5) is 21.9. The van der Waals surface area contributed by atoms with Gasteiger partial charge in [0.15, 0.2) is 0 Å². The monoisotopic (exact) mass is 375 g/mol. The SMILES string of the molecule is Cc1cc(C)nc(Nc2ccc(C(=O)Nc3ccc(SC#N)cc3)cc2)n1. The van der Waals surface area contributed by atoms with Crippen LogP contribution in [0.5, 0.6) is 0 Å². The van der Waals surface area contributed by atoms with Gasteiger partial charge in [-0.1, -0.05) is 0 Å². The van der Waals surface area contributed by atoms with Crippen molar-refractivity contribution in [1.82, 2.24) is 9.97 Å². The number of carbonyl (C=O) groups is 1. The number of thiocyanates is 1. The summed E-state index contributed by atoms with van der Waals surface area (Å²) in [6.07, 6.45) is 0. The third-order valence-electron chi connectivity index (χ3n) is 3.66. The number of benzene rings is 2. The lowest BCUT2D eigenvalue weighted by atomic mass is 10.2. The summed E-state index contributed by atoms with van der Waals surface area (Å²) >= 11 is 1.08. The fourth-order valence-corrected chi connectivity index (χ4v) is 2.86. The van der Waals surface area contributed by atoms with Crippen LogP contribution in [0, 0.1) is 24.5 Å². The van der Waals surface area contributed by atoms with E-state index in [0.29, 0.717) is 17.2 Å². The van der Waals surface area contributed by atoms with Crippen LogP contribution in [0.2, 0.25) is 0 Å². The minimum atomic E-state index is -0.204. The average molecular weight is 375 g/mol. The molecule has 0 fully saturated rings. The van der Waals surface area contributed by atoms with E-state index in [0.717, 1.165) is 33.7 Å². The van der Waals surface area contributed by atoms with E-state index in [2.05, 4.69) is 20.6 Å². The summed E-state index contributed by atoms with van der Waals surface area (Å²) in [5.74, 6) is 0.324. The number of nitrogens with one attached hydrogen (secondary N) is 2. The van der Waals surface area contributed by atoms with Gasteiger partial charge >= 0.3 is 0 Å². The minimum absolute atomic E-state index is 0.204. The molecule has 3 rings (SSSR count). The van der Waals surface area contributed by atoms with Crippen LogP contribution in [-0.4, -0.2) is 15.9 Å². The molecule has 2 aromatic carbocycles. The van der Waals surface area contributed by atoms with E-state index < -0.39 is 0 Å². The fraction of sp³-hybridized carbons (Fsp3) is 0.100. The Morgan fingerprint density at radius 3 is 2.15 bits per heavy atom. The molecule has 1 amide bonds. The largest absolute Gasteiger partial charge is 0.324 e. The van der Waals surface area contributed by atoms with Gasteiger partial charge in [-0.3, -0.25) is 4.79 Å². The van der Waals surface area contributed by atoms with Gasteiger partial charge in [-0.2, -0.15) is 5.26 Å². The molecule has 6 nitrogen and oxygen atoms in total. The van der Waals surface area contributed by atoms with Gasteiger partial charge < -0.3 is 10.6 Å². The summed E-state index contributed by atoms with van der Waals surface area (Å²) in [6, 6.07) is 16.1. The van der Waals surface area contributed by atoms with Crippen molar-refractivity contribution in [3.05, 3.63) is 71.5 Å². The van der Waals surface area contributed by atoms with Crippen molar-refractivity contribution in [1.29, 1.82) is 5.26 Å². The van der Waals surface area contributed by atoms with E-state index in [1.807, 2.05) is 37.4 Å². The zero-order valence-electron chi connectivity index (χ0n) is 14.9. The number of hydrogen-bond acceptors (Lipinski definition) is 6. The van der Waals surface area contributed by atoms with Gasteiger partial charge in [0.05, 0.1) is 0 Å². The second-order valence-corrected chi connectivity index (χ2v) is 6.71. The number of hydrogen-bond donors (Lipinski definition) is 2. The van der Waals surface area contributed by atoms with Gasteiger partial charge in [-0.15, -0.1) is 0 Å². The molecule has 0 aliphatic carbocycles. The number of nitriles is 1. The summed E-state index contributed by atoms with van der Waals surface area (Å²) in [5, 5.41) is 16.6. The van der Waals surface area contributed by atoms with Crippen LogP contribution < -0.4 is 10.6 Å². The molecule has 134 valence electrons. The van der Waals surface area contributed by atoms with Gasteiger partial charge in [0, 0.05) is 33.2 Å². The molecule has 0 aliphatic heterocycles. The topological polar surface area (TPSA) is 90.7 Å². The highest BCUT2D eigenvalue weighted by atomic mass is 32.2.